The Kier molecular flexibility index (Phi) is 2.03. The van der Waals surface area contributed by atoms with Gasteiger partial charge in [0, 0.05) is 18.8 Å². The molecule has 2 aromatic rings. The zero-order valence-corrected chi connectivity index (χ0v) is 8.60. The van der Waals surface area contributed by atoms with Gasteiger partial charge in [-0.15, -0.1) is 0 Å². The lowest BCUT2D eigenvalue weighted by Crippen LogP contribution is -2.04. The van der Waals surface area contributed by atoms with E-state index < -0.39 is 0 Å². The van der Waals surface area contributed by atoms with Crippen molar-refractivity contribution in [3.05, 3.63) is 18.0 Å². The zero-order chi connectivity index (χ0) is 11.0. The van der Waals surface area contributed by atoms with Crippen molar-refractivity contribution in [1.82, 2.24) is 19.7 Å². The minimum atomic E-state index is 0.404. The van der Waals surface area contributed by atoms with Gasteiger partial charge in [0.05, 0.1) is 11.8 Å². The van der Waals surface area contributed by atoms with Gasteiger partial charge in [-0.05, 0) is 6.92 Å². The summed E-state index contributed by atoms with van der Waals surface area (Å²) < 4.78 is 1.67. The first-order valence-electron chi connectivity index (χ1n) is 4.46. The van der Waals surface area contributed by atoms with E-state index in [-0.39, 0.29) is 0 Å². The lowest BCUT2D eigenvalue weighted by atomic mass is 10.3. The molecule has 2 rings (SSSR count). The minimum Gasteiger partial charge on any atom is -0.383 e. The normalized spacial score (nSPS) is 10.5. The summed E-state index contributed by atoms with van der Waals surface area (Å²) in [4.78, 5) is 8.30. The van der Waals surface area contributed by atoms with Gasteiger partial charge in [-0.1, -0.05) is 0 Å². The summed E-state index contributed by atoms with van der Waals surface area (Å²) in [5, 5.41) is 4.03. The predicted molar refractivity (Wildman–Crippen MR) is 57.8 cm³/mol. The molecule has 0 atom stereocenters. The van der Waals surface area contributed by atoms with Crippen LogP contribution in [0.4, 0.5) is 11.6 Å². The molecule has 6 heteroatoms. The molecular formula is C9H12N6. The molecular weight excluding hydrogens is 192 g/mol. The number of hydrogen-bond acceptors (Lipinski definition) is 5. The summed E-state index contributed by atoms with van der Waals surface area (Å²) in [6, 6.07) is 0. The first-order chi connectivity index (χ1) is 7.08. The van der Waals surface area contributed by atoms with Crippen LogP contribution in [0, 0.1) is 6.92 Å². The van der Waals surface area contributed by atoms with Gasteiger partial charge in [0.1, 0.15) is 11.6 Å². The third-order valence-corrected chi connectivity index (χ3v) is 2.18. The fourth-order valence-electron chi connectivity index (χ4n) is 1.22. The SMILES string of the molecule is Cc1c(N)nc(-c2cnn(C)c2)nc1N. The second kappa shape index (κ2) is 3.23. The molecule has 0 fully saturated rings. The van der Waals surface area contributed by atoms with E-state index >= 15 is 0 Å². The number of nitrogens with two attached hydrogens (primary N) is 2. The van der Waals surface area contributed by atoms with Crippen molar-refractivity contribution in [2.45, 2.75) is 6.92 Å². The van der Waals surface area contributed by atoms with E-state index in [1.165, 1.54) is 0 Å². The van der Waals surface area contributed by atoms with Crippen LogP contribution >= 0.6 is 0 Å². The van der Waals surface area contributed by atoms with Gasteiger partial charge in [0.15, 0.2) is 5.82 Å². The van der Waals surface area contributed by atoms with Crippen LogP contribution in [-0.2, 0) is 7.05 Å². The zero-order valence-electron chi connectivity index (χ0n) is 8.60. The summed E-state index contributed by atoms with van der Waals surface area (Å²) in [6.45, 7) is 1.79. The maximum Gasteiger partial charge on any atom is 0.167 e. The van der Waals surface area contributed by atoms with Gasteiger partial charge in [0.2, 0.25) is 0 Å². The second-order valence-electron chi connectivity index (χ2n) is 3.35. The molecule has 0 aromatic carbocycles. The van der Waals surface area contributed by atoms with Crippen LogP contribution in [0.2, 0.25) is 0 Å². The standard InChI is InChI=1S/C9H12N6/c1-5-7(10)13-9(14-8(5)11)6-3-12-15(2)4-6/h3-4H,1-2H3,(H4,10,11,13,14). The highest BCUT2D eigenvalue weighted by Crippen LogP contribution is 2.20. The molecule has 2 heterocycles. The Morgan fingerprint density at radius 3 is 2.27 bits per heavy atom. The molecule has 2 aromatic heterocycles. The van der Waals surface area contributed by atoms with Crippen LogP contribution in [-0.4, -0.2) is 19.7 Å². The van der Waals surface area contributed by atoms with Crippen molar-refractivity contribution >= 4 is 11.6 Å². The smallest absolute Gasteiger partial charge is 0.167 e. The molecule has 0 unspecified atom stereocenters. The molecule has 0 saturated carbocycles. The summed E-state index contributed by atoms with van der Waals surface area (Å²) in [5.41, 5.74) is 12.9. The fraction of sp³-hybridized carbons (Fsp3) is 0.222. The number of aryl methyl sites for hydroxylation is 1. The Morgan fingerprint density at radius 1 is 1.20 bits per heavy atom. The topological polar surface area (TPSA) is 95.6 Å². The Hall–Kier alpha value is -2.11. The average Bonchev–Trinajstić information content (AvgIpc) is 2.60. The molecule has 0 spiro atoms. The van der Waals surface area contributed by atoms with E-state index in [2.05, 4.69) is 15.1 Å². The van der Waals surface area contributed by atoms with Crippen LogP contribution in [0.15, 0.2) is 12.4 Å². The van der Waals surface area contributed by atoms with E-state index in [4.69, 9.17) is 11.5 Å². The summed E-state index contributed by atoms with van der Waals surface area (Å²) >= 11 is 0. The van der Waals surface area contributed by atoms with Crippen molar-refractivity contribution < 1.29 is 0 Å². The number of aromatic nitrogens is 4. The van der Waals surface area contributed by atoms with Gasteiger partial charge in [-0.3, -0.25) is 4.68 Å². The highest BCUT2D eigenvalue weighted by Gasteiger charge is 2.08. The van der Waals surface area contributed by atoms with Crippen molar-refractivity contribution in [3.8, 4) is 11.4 Å². The lowest BCUT2D eigenvalue weighted by molar-refractivity contribution is 0.768. The molecule has 0 aliphatic carbocycles. The Labute approximate surface area is 86.9 Å². The van der Waals surface area contributed by atoms with Gasteiger partial charge in [0.25, 0.3) is 0 Å². The van der Waals surface area contributed by atoms with Crippen molar-refractivity contribution in [1.29, 1.82) is 0 Å². The van der Waals surface area contributed by atoms with Crippen molar-refractivity contribution in [2.75, 3.05) is 11.5 Å². The number of anilines is 2. The van der Waals surface area contributed by atoms with E-state index in [1.54, 1.807) is 17.8 Å². The molecule has 0 radical (unpaired) electrons. The van der Waals surface area contributed by atoms with E-state index in [1.807, 2.05) is 13.2 Å². The van der Waals surface area contributed by atoms with E-state index in [0.29, 0.717) is 23.0 Å². The van der Waals surface area contributed by atoms with E-state index in [0.717, 1.165) is 5.56 Å². The predicted octanol–water partition coefficient (Wildman–Crippen LogP) is 0.350. The minimum absolute atomic E-state index is 0.404. The highest BCUT2D eigenvalue weighted by molar-refractivity contribution is 5.61. The van der Waals surface area contributed by atoms with Crippen molar-refractivity contribution in [3.63, 3.8) is 0 Å². The number of rotatable bonds is 1. The van der Waals surface area contributed by atoms with Gasteiger partial charge >= 0.3 is 0 Å². The third-order valence-electron chi connectivity index (χ3n) is 2.18. The van der Waals surface area contributed by atoms with Crippen LogP contribution in [0.5, 0.6) is 0 Å². The summed E-state index contributed by atoms with van der Waals surface area (Å²) in [5.74, 6) is 1.31. The van der Waals surface area contributed by atoms with Gasteiger partial charge in [-0.25, -0.2) is 9.97 Å². The molecule has 78 valence electrons. The van der Waals surface area contributed by atoms with Crippen LogP contribution in [0.25, 0.3) is 11.4 Å². The summed E-state index contributed by atoms with van der Waals surface area (Å²) in [7, 11) is 1.82. The first kappa shape index (κ1) is 9.45. The van der Waals surface area contributed by atoms with Gasteiger partial charge < -0.3 is 11.5 Å². The Bertz CT molecular complexity index is 478. The Morgan fingerprint density at radius 2 is 1.80 bits per heavy atom. The fourth-order valence-corrected chi connectivity index (χ4v) is 1.22. The molecule has 0 bridgehead atoms. The number of nitrogens with zero attached hydrogens (tertiary/aromatic N) is 4. The maximum atomic E-state index is 5.71. The molecule has 15 heavy (non-hydrogen) atoms. The monoisotopic (exact) mass is 204 g/mol. The van der Waals surface area contributed by atoms with Crippen LogP contribution < -0.4 is 11.5 Å². The highest BCUT2D eigenvalue weighted by atomic mass is 15.2. The molecule has 4 N–H and O–H groups in total. The van der Waals surface area contributed by atoms with Gasteiger partial charge in [-0.2, -0.15) is 5.10 Å². The largest absolute Gasteiger partial charge is 0.383 e. The maximum absolute atomic E-state index is 5.71. The van der Waals surface area contributed by atoms with Crippen molar-refractivity contribution in [2.24, 2.45) is 7.05 Å². The van der Waals surface area contributed by atoms with E-state index in [9.17, 15) is 0 Å². The molecule has 0 amide bonds. The third kappa shape index (κ3) is 1.61. The Balaban J connectivity index is 2.55. The molecule has 0 aliphatic rings. The lowest BCUT2D eigenvalue weighted by Gasteiger charge is -2.04. The summed E-state index contributed by atoms with van der Waals surface area (Å²) in [6.07, 6.45) is 3.48. The first-order valence-corrected chi connectivity index (χ1v) is 4.46. The molecule has 6 nitrogen and oxygen atoms in total. The quantitative estimate of drug-likeness (QED) is 0.698. The average molecular weight is 204 g/mol. The second-order valence-corrected chi connectivity index (χ2v) is 3.35. The number of nitrogen functional groups attached to an aromatic ring is 2. The number of hydrogen-bond donors (Lipinski definition) is 2. The molecule has 0 saturated heterocycles. The molecule has 0 aliphatic heterocycles. The van der Waals surface area contributed by atoms with Crippen LogP contribution in [0.1, 0.15) is 5.56 Å². The van der Waals surface area contributed by atoms with Crippen LogP contribution in [0.3, 0.4) is 0 Å².